The van der Waals surface area contributed by atoms with E-state index in [4.69, 9.17) is 0 Å². The van der Waals surface area contributed by atoms with E-state index in [9.17, 15) is 4.79 Å². The Kier molecular flexibility index (Phi) is 6.17. The molecule has 2 aliphatic rings. The van der Waals surface area contributed by atoms with Crippen molar-refractivity contribution < 1.29 is 4.79 Å². The standard InChI is InChI=1S/C22H29N5O/c28-22(26-15-5-2-6-16-26)21-18-27(24-23-21)20-12-8-14-25(17-20)13-7-11-19-9-3-1-4-10-19/h1,3-4,7,9-11,18,20H,2,5-6,8,12-17H2/b11-7+/t20-/m0/s1. The van der Waals surface area contributed by atoms with Gasteiger partial charge in [0, 0.05) is 26.2 Å². The number of likely N-dealkylation sites (tertiary alicyclic amines) is 2. The molecule has 2 saturated heterocycles. The van der Waals surface area contributed by atoms with Gasteiger partial charge in [0.05, 0.1) is 12.2 Å². The van der Waals surface area contributed by atoms with Crippen LogP contribution in [0.2, 0.25) is 0 Å². The first kappa shape index (κ1) is 18.9. The van der Waals surface area contributed by atoms with Crippen LogP contribution in [-0.2, 0) is 0 Å². The lowest BCUT2D eigenvalue weighted by Crippen LogP contribution is -2.37. The molecule has 0 unspecified atom stereocenters. The maximum atomic E-state index is 12.6. The first-order chi connectivity index (χ1) is 13.8. The second kappa shape index (κ2) is 9.15. The van der Waals surface area contributed by atoms with Crippen LogP contribution in [0.25, 0.3) is 6.08 Å². The summed E-state index contributed by atoms with van der Waals surface area (Å²) < 4.78 is 1.91. The normalized spacial score (nSPS) is 21.3. The van der Waals surface area contributed by atoms with Gasteiger partial charge in [0.1, 0.15) is 0 Å². The van der Waals surface area contributed by atoms with E-state index in [0.29, 0.717) is 5.69 Å². The van der Waals surface area contributed by atoms with Gasteiger partial charge in [0.15, 0.2) is 5.69 Å². The van der Waals surface area contributed by atoms with E-state index in [2.05, 4.69) is 51.6 Å². The number of nitrogens with zero attached hydrogens (tertiary/aromatic N) is 5. The van der Waals surface area contributed by atoms with Crippen LogP contribution in [0.15, 0.2) is 42.6 Å². The largest absolute Gasteiger partial charge is 0.337 e. The minimum atomic E-state index is 0.0319. The summed E-state index contributed by atoms with van der Waals surface area (Å²) in [7, 11) is 0. The Bertz CT molecular complexity index is 794. The van der Waals surface area contributed by atoms with Crippen LogP contribution in [0.1, 0.15) is 54.2 Å². The fourth-order valence-corrected chi connectivity index (χ4v) is 4.13. The Morgan fingerprint density at radius 2 is 1.89 bits per heavy atom. The van der Waals surface area contributed by atoms with E-state index in [1.54, 1.807) is 0 Å². The highest BCUT2D eigenvalue weighted by molar-refractivity contribution is 5.91. The molecule has 6 nitrogen and oxygen atoms in total. The van der Waals surface area contributed by atoms with Crippen molar-refractivity contribution in [2.45, 2.75) is 38.1 Å². The zero-order chi connectivity index (χ0) is 19.2. The Morgan fingerprint density at radius 3 is 2.71 bits per heavy atom. The number of benzene rings is 1. The highest BCUT2D eigenvalue weighted by Crippen LogP contribution is 2.21. The summed E-state index contributed by atoms with van der Waals surface area (Å²) in [6.45, 7) is 4.66. The molecule has 28 heavy (non-hydrogen) atoms. The average Bonchev–Trinajstić information content (AvgIpc) is 3.25. The molecule has 1 atom stereocenters. The van der Waals surface area contributed by atoms with Gasteiger partial charge in [-0.1, -0.05) is 47.7 Å². The lowest BCUT2D eigenvalue weighted by molar-refractivity contribution is 0.0718. The van der Waals surface area contributed by atoms with Gasteiger partial charge >= 0.3 is 0 Å². The number of hydrogen-bond donors (Lipinski definition) is 0. The Hall–Kier alpha value is -2.47. The zero-order valence-electron chi connectivity index (χ0n) is 16.4. The second-order valence-corrected chi connectivity index (χ2v) is 7.81. The zero-order valence-corrected chi connectivity index (χ0v) is 16.4. The molecule has 6 heteroatoms. The van der Waals surface area contributed by atoms with Gasteiger partial charge in [-0.3, -0.25) is 9.69 Å². The van der Waals surface area contributed by atoms with E-state index in [0.717, 1.165) is 58.4 Å². The van der Waals surface area contributed by atoms with E-state index in [-0.39, 0.29) is 11.9 Å². The predicted molar refractivity (Wildman–Crippen MR) is 110 cm³/mol. The number of amides is 1. The molecule has 1 aromatic carbocycles. The number of aromatic nitrogens is 3. The predicted octanol–water partition coefficient (Wildman–Crippen LogP) is 3.25. The molecule has 0 aliphatic carbocycles. The van der Waals surface area contributed by atoms with Gasteiger partial charge in [0.25, 0.3) is 5.91 Å². The smallest absolute Gasteiger partial charge is 0.276 e. The Morgan fingerprint density at radius 1 is 1.07 bits per heavy atom. The monoisotopic (exact) mass is 379 g/mol. The number of carbonyl (C=O) groups is 1. The van der Waals surface area contributed by atoms with Gasteiger partial charge in [0.2, 0.25) is 0 Å². The van der Waals surface area contributed by atoms with Crippen molar-refractivity contribution in [3.8, 4) is 0 Å². The fraction of sp³-hybridized carbons (Fsp3) is 0.500. The summed E-state index contributed by atoms with van der Waals surface area (Å²) in [5.41, 5.74) is 1.72. The number of rotatable bonds is 5. The molecule has 1 amide bonds. The second-order valence-electron chi connectivity index (χ2n) is 7.81. The molecule has 1 aromatic heterocycles. The lowest BCUT2D eigenvalue weighted by atomic mass is 10.1. The molecule has 0 saturated carbocycles. The molecule has 2 aromatic rings. The van der Waals surface area contributed by atoms with Crippen LogP contribution < -0.4 is 0 Å². The number of carbonyl (C=O) groups excluding carboxylic acids is 1. The van der Waals surface area contributed by atoms with E-state index < -0.39 is 0 Å². The van der Waals surface area contributed by atoms with Gasteiger partial charge in [-0.15, -0.1) is 5.10 Å². The van der Waals surface area contributed by atoms with Gasteiger partial charge in [-0.2, -0.15) is 0 Å². The first-order valence-electron chi connectivity index (χ1n) is 10.4. The minimum Gasteiger partial charge on any atom is -0.337 e. The highest BCUT2D eigenvalue weighted by Gasteiger charge is 2.25. The van der Waals surface area contributed by atoms with Crippen LogP contribution in [0.4, 0.5) is 0 Å². The summed E-state index contributed by atoms with van der Waals surface area (Å²) >= 11 is 0. The third kappa shape index (κ3) is 4.68. The summed E-state index contributed by atoms with van der Waals surface area (Å²) in [5.74, 6) is 0.0319. The maximum absolute atomic E-state index is 12.6. The van der Waals surface area contributed by atoms with Gasteiger partial charge in [-0.05, 0) is 44.2 Å². The Balaban J connectivity index is 1.33. The lowest BCUT2D eigenvalue weighted by Gasteiger charge is -2.31. The van der Waals surface area contributed by atoms with Crippen molar-refractivity contribution in [3.63, 3.8) is 0 Å². The van der Waals surface area contributed by atoms with Crippen LogP contribution in [0.3, 0.4) is 0 Å². The summed E-state index contributed by atoms with van der Waals surface area (Å²) in [6, 6.07) is 10.7. The molecule has 4 rings (SSSR count). The van der Waals surface area contributed by atoms with Gasteiger partial charge < -0.3 is 4.90 Å². The maximum Gasteiger partial charge on any atom is 0.276 e. The molecule has 2 aliphatic heterocycles. The number of piperidine rings is 2. The quantitative estimate of drug-likeness (QED) is 0.800. The molecule has 0 N–H and O–H groups in total. The van der Waals surface area contributed by atoms with Crippen LogP contribution >= 0.6 is 0 Å². The van der Waals surface area contributed by atoms with Crippen LogP contribution in [0.5, 0.6) is 0 Å². The molecule has 0 radical (unpaired) electrons. The van der Waals surface area contributed by atoms with Gasteiger partial charge in [-0.25, -0.2) is 4.68 Å². The van der Waals surface area contributed by atoms with Crippen LogP contribution in [-0.4, -0.2) is 63.4 Å². The number of hydrogen-bond acceptors (Lipinski definition) is 4. The minimum absolute atomic E-state index is 0.0319. The van der Waals surface area contributed by atoms with E-state index in [1.807, 2.05) is 21.8 Å². The summed E-state index contributed by atoms with van der Waals surface area (Å²) in [4.78, 5) is 17.0. The van der Waals surface area contributed by atoms with Crippen molar-refractivity contribution in [2.24, 2.45) is 0 Å². The SMILES string of the molecule is O=C(c1cn([C@H]2CCCN(C/C=C/c3ccccc3)C2)nn1)N1CCCCC1. The third-order valence-electron chi connectivity index (χ3n) is 5.70. The van der Waals surface area contributed by atoms with Crippen molar-refractivity contribution in [1.29, 1.82) is 0 Å². The highest BCUT2D eigenvalue weighted by atomic mass is 16.2. The topological polar surface area (TPSA) is 54.3 Å². The molecule has 3 heterocycles. The van der Waals surface area contributed by atoms with Crippen molar-refractivity contribution in [3.05, 3.63) is 53.9 Å². The summed E-state index contributed by atoms with van der Waals surface area (Å²) in [5, 5.41) is 8.48. The molecule has 0 spiro atoms. The van der Waals surface area contributed by atoms with Crippen molar-refractivity contribution >= 4 is 12.0 Å². The molecular formula is C22H29N5O. The Labute approximate surface area is 166 Å². The molecule has 148 valence electrons. The van der Waals surface area contributed by atoms with E-state index in [1.165, 1.54) is 12.0 Å². The fourth-order valence-electron chi connectivity index (χ4n) is 4.13. The summed E-state index contributed by atoms with van der Waals surface area (Å²) in [6.07, 6.45) is 11.9. The van der Waals surface area contributed by atoms with E-state index >= 15 is 0 Å². The third-order valence-corrected chi connectivity index (χ3v) is 5.70. The van der Waals surface area contributed by atoms with Crippen molar-refractivity contribution in [1.82, 2.24) is 24.8 Å². The average molecular weight is 380 g/mol. The van der Waals surface area contributed by atoms with Crippen molar-refractivity contribution in [2.75, 3.05) is 32.7 Å². The molecule has 2 fully saturated rings. The first-order valence-corrected chi connectivity index (χ1v) is 10.4. The van der Waals surface area contributed by atoms with Crippen LogP contribution in [0, 0.1) is 0 Å². The molecule has 0 bridgehead atoms. The molecular weight excluding hydrogens is 350 g/mol.